The molecule has 0 aromatic heterocycles. The van der Waals surface area contributed by atoms with Gasteiger partial charge in [-0.3, -0.25) is 9.59 Å². The summed E-state index contributed by atoms with van der Waals surface area (Å²) in [4.78, 5) is 33.4. The third kappa shape index (κ3) is 11.1. The third-order valence-electron chi connectivity index (χ3n) is 1.90. The van der Waals surface area contributed by atoms with Gasteiger partial charge in [-0.2, -0.15) is 0 Å². The summed E-state index contributed by atoms with van der Waals surface area (Å²) < 4.78 is 9.43. The molecule has 0 heterocycles. The highest BCUT2D eigenvalue weighted by atomic mass is 16.6. The van der Waals surface area contributed by atoms with E-state index in [1.807, 2.05) is 0 Å². The monoisotopic (exact) mass is 274 g/mol. The van der Waals surface area contributed by atoms with Crippen LogP contribution in [0, 0.1) is 0 Å². The minimum absolute atomic E-state index is 0.160. The second kappa shape index (κ2) is 8.34. The predicted octanol–water partition coefficient (Wildman–Crippen LogP) is 0.580. The lowest BCUT2D eigenvalue weighted by molar-refractivity contribution is -0.140. The Morgan fingerprint density at radius 2 is 1.74 bits per heavy atom. The number of ether oxygens (including phenoxy) is 2. The molecule has 19 heavy (non-hydrogen) atoms. The number of esters is 1. The third-order valence-corrected chi connectivity index (χ3v) is 1.90. The summed E-state index contributed by atoms with van der Waals surface area (Å²) in [5, 5.41) is 4.90. The van der Waals surface area contributed by atoms with Crippen LogP contribution in [0.1, 0.15) is 33.6 Å². The number of carbonyl (C=O) groups is 3. The Morgan fingerprint density at radius 1 is 1.11 bits per heavy atom. The molecule has 0 aliphatic heterocycles. The molecule has 0 aromatic carbocycles. The van der Waals surface area contributed by atoms with E-state index in [1.165, 1.54) is 7.11 Å². The van der Waals surface area contributed by atoms with Crippen molar-refractivity contribution >= 4 is 18.0 Å². The van der Waals surface area contributed by atoms with Gasteiger partial charge in [0.25, 0.3) is 0 Å². The van der Waals surface area contributed by atoms with E-state index in [9.17, 15) is 14.4 Å². The summed E-state index contributed by atoms with van der Waals surface area (Å²) in [5.74, 6) is -0.656. The maximum absolute atomic E-state index is 11.3. The molecule has 2 amide bonds. The number of rotatable bonds is 6. The highest BCUT2D eigenvalue weighted by Crippen LogP contribution is 2.05. The van der Waals surface area contributed by atoms with Gasteiger partial charge < -0.3 is 20.1 Å². The molecule has 0 saturated heterocycles. The number of methoxy groups -OCH3 is 1. The zero-order valence-corrected chi connectivity index (χ0v) is 11.9. The van der Waals surface area contributed by atoms with E-state index in [2.05, 4.69) is 15.4 Å². The minimum Gasteiger partial charge on any atom is -0.469 e. The highest BCUT2D eigenvalue weighted by Gasteiger charge is 2.16. The van der Waals surface area contributed by atoms with Crippen molar-refractivity contribution in [2.24, 2.45) is 0 Å². The van der Waals surface area contributed by atoms with Crippen molar-refractivity contribution in [3.63, 3.8) is 0 Å². The van der Waals surface area contributed by atoms with Crippen LogP contribution < -0.4 is 10.6 Å². The molecule has 0 unspecified atom stereocenters. The fraction of sp³-hybridized carbons (Fsp3) is 0.750. The first-order chi connectivity index (χ1) is 8.74. The van der Waals surface area contributed by atoms with Crippen molar-refractivity contribution in [3.05, 3.63) is 0 Å². The molecule has 0 aromatic rings. The van der Waals surface area contributed by atoms with E-state index in [-0.39, 0.29) is 24.8 Å². The molecular weight excluding hydrogens is 252 g/mol. The van der Waals surface area contributed by atoms with Crippen molar-refractivity contribution in [1.82, 2.24) is 10.6 Å². The molecule has 0 bridgehead atoms. The number of nitrogens with one attached hydrogen (secondary N) is 2. The Labute approximate surface area is 113 Å². The van der Waals surface area contributed by atoms with E-state index >= 15 is 0 Å². The molecule has 0 rings (SSSR count). The fourth-order valence-electron chi connectivity index (χ4n) is 1.09. The molecule has 110 valence electrons. The topological polar surface area (TPSA) is 93.7 Å². The van der Waals surface area contributed by atoms with Gasteiger partial charge in [0.05, 0.1) is 13.7 Å². The lowest BCUT2D eigenvalue weighted by Gasteiger charge is -2.19. The summed E-state index contributed by atoms with van der Waals surface area (Å²) >= 11 is 0. The van der Waals surface area contributed by atoms with E-state index in [1.54, 1.807) is 20.8 Å². The van der Waals surface area contributed by atoms with Crippen molar-refractivity contribution < 1.29 is 23.9 Å². The van der Waals surface area contributed by atoms with E-state index < -0.39 is 11.7 Å². The van der Waals surface area contributed by atoms with Gasteiger partial charge in [-0.15, -0.1) is 0 Å². The van der Waals surface area contributed by atoms with Crippen LogP contribution in [0.15, 0.2) is 0 Å². The van der Waals surface area contributed by atoms with Crippen LogP contribution >= 0.6 is 0 Å². The molecule has 0 radical (unpaired) electrons. The molecule has 0 spiro atoms. The van der Waals surface area contributed by atoms with Crippen LogP contribution in [0.4, 0.5) is 4.79 Å². The van der Waals surface area contributed by atoms with Crippen molar-refractivity contribution in [3.8, 4) is 0 Å². The summed E-state index contributed by atoms with van der Waals surface area (Å²) in [6, 6.07) is 0. The Hall–Kier alpha value is -1.79. The van der Waals surface area contributed by atoms with Crippen LogP contribution in [0.3, 0.4) is 0 Å². The normalized spacial score (nSPS) is 10.5. The van der Waals surface area contributed by atoms with Gasteiger partial charge in [-0.1, -0.05) is 0 Å². The first-order valence-electron chi connectivity index (χ1n) is 6.05. The van der Waals surface area contributed by atoms with Gasteiger partial charge in [0.2, 0.25) is 5.91 Å². The Balaban J connectivity index is 3.65. The summed E-state index contributed by atoms with van der Waals surface area (Å²) in [7, 11) is 1.31. The number of hydrogen-bond acceptors (Lipinski definition) is 5. The molecule has 0 fully saturated rings. The van der Waals surface area contributed by atoms with E-state index in [0.29, 0.717) is 13.0 Å². The standard InChI is InChI=1S/C12H22N2O5/c1-12(2,3)19-11(17)14-8-9(15)13-7-5-6-10(16)18-4/h5-8H2,1-4H3,(H,13,15)(H,14,17). The minimum atomic E-state index is -0.641. The lowest BCUT2D eigenvalue weighted by atomic mass is 10.2. The average Bonchev–Trinajstić information content (AvgIpc) is 2.29. The second-order valence-electron chi connectivity index (χ2n) is 4.89. The quantitative estimate of drug-likeness (QED) is 0.546. The van der Waals surface area contributed by atoms with Crippen molar-refractivity contribution in [2.75, 3.05) is 20.2 Å². The molecule has 2 N–H and O–H groups in total. The summed E-state index contributed by atoms with van der Waals surface area (Å²) in [5.41, 5.74) is -0.596. The van der Waals surface area contributed by atoms with Gasteiger partial charge in [0, 0.05) is 13.0 Å². The largest absolute Gasteiger partial charge is 0.469 e. The molecule has 7 nitrogen and oxygen atoms in total. The van der Waals surface area contributed by atoms with E-state index in [4.69, 9.17) is 4.74 Å². The zero-order chi connectivity index (χ0) is 14.9. The Kier molecular flexibility index (Phi) is 7.55. The molecule has 0 saturated carbocycles. The van der Waals surface area contributed by atoms with Crippen molar-refractivity contribution in [2.45, 2.75) is 39.2 Å². The smallest absolute Gasteiger partial charge is 0.408 e. The first-order valence-corrected chi connectivity index (χ1v) is 6.05. The molecular formula is C12H22N2O5. The maximum atomic E-state index is 11.3. The molecule has 0 aliphatic rings. The number of alkyl carbamates (subject to hydrolysis) is 1. The lowest BCUT2D eigenvalue weighted by Crippen LogP contribution is -2.40. The Bertz CT molecular complexity index is 323. The SMILES string of the molecule is COC(=O)CCCNC(=O)CNC(=O)OC(C)(C)C. The van der Waals surface area contributed by atoms with Gasteiger partial charge >= 0.3 is 12.1 Å². The number of carbonyl (C=O) groups excluding carboxylic acids is 3. The van der Waals surface area contributed by atoms with Gasteiger partial charge in [-0.25, -0.2) is 4.79 Å². The highest BCUT2D eigenvalue weighted by molar-refractivity contribution is 5.82. The van der Waals surface area contributed by atoms with Crippen LogP contribution in [-0.2, 0) is 19.1 Å². The fourth-order valence-corrected chi connectivity index (χ4v) is 1.09. The number of hydrogen-bond donors (Lipinski definition) is 2. The molecule has 7 heteroatoms. The number of amides is 2. The van der Waals surface area contributed by atoms with Crippen molar-refractivity contribution in [1.29, 1.82) is 0 Å². The second-order valence-corrected chi connectivity index (χ2v) is 4.89. The maximum Gasteiger partial charge on any atom is 0.408 e. The zero-order valence-electron chi connectivity index (χ0n) is 11.9. The molecule has 0 aliphatic carbocycles. The van der Waals surface area contributed by atoms with Crippen LogP contribution in [0.25, 0.3) is 0 Å². The first kappa shape index (κ1) is 17.2. The van der Waals surface area contributed by atoms with E-state index in [0.717, 1.165) is 0 Å². The van der Waals surface area contributed by atoms with Crippen LogP contribution in [0.2, 0.25) is 0 Å². The average molecular weight is 274 g/mol. The predicted molar refractivity (Wildman–Crippen MR) is 68.5 cm³/mol. The Morgan fingerprint density at radius 3 is 2.26 bits per heavy atom. The summed E-state index contributed by atoms with van der Waals surface area (Å²) in [6.45, 7) is 5.40. The van der Waals surface area contributed by atoms with Gasteiger partial charge in [-0.05, 0) is 27.2 Å². The van der Waals surface area contributed by atoms with Gasteiger partial charge in [0.15, 0.2) is 0 Å². The van der Waals surface area contributed by atoms with Gasteiger partial charge in [0.1, 0.15) is 5.60 Å². The summed E-state index contributed by atoms with van der Waals surface area (Å²) in [6.07, 6.45) is 0.0958. The molecule has 0 atom stereocenters. The van der Waals surface area contributed by atoms with Crippen LogP contribution in [-0.4, -0.2) is 43.8 Å². The van der Waals surface area contributed by atoms with Crippen LogP contribution in [0.5, 0.6) is 0 Å².